The van der Waals surface area contributed by atoms with E-state index in [0.717, 1.165) is 22.7 Å². The molecule has 0 radical (unpaired) electrons. The number of fused-ring (bicyclic) bond motifs is 2. The number of nitrogens with zero attached hydrogens (tertiary/aromatic N) is 2. The zero-order valence-electron chi connectivity index (χ0n) is 15.3. The van der Waals surface area contributed by atoms with Gasteiger partial charge in [0.1, 0.15) is 24.7 Å². The molecule has 0 aliphatic carbocycles. The molecule has 0 saturated heterocycles. The predicted molar refractivity (Wildman–Crippen MR) is 106 cm³/mol. The average molecular weight is 389 g/mol. The van der Waals surface area contributed by atoms with Crippen molar-refractivity contribution >= 4 is 17.2 Å². The molecule has 7 heteroatoms. The highest BCUT2D eigenvalue weighted by molar-refractivity contribution is 6.04. The summed E-state index contributed by atoms with van der Waals surface area (Å²) in [5.74, 6) is 0.747. The van der Waals surface area contributed by atoms with E-state index < -0.39 is 0 Å². The molecule has 1 aliphatic heterocycles. The molecular weight excluding hydrogens is 373 g/mol. The van der Waals surface area contributed by atoms with Crippen LogP contribution in [0.1, 0.15) is 10.4 Å². The number of imidazole rings is 1. The van der Waals surface area contributed by atoms with Crippen LogP contribution in [-0.2, 0) is 0 Å². The van der Waals surface area contributed by atoms with Gasteiger partial charge in [0.15, 0.2) is 11.5 Å². The van der Waals surface area contributed by atoms with Crippen molar-refractivity contribution in [2.24, 2.45) is 0 Å². The van der Waals surface area contributed by atoms with Gasteiger partial charge in [-0.3, -0.25) is 4.79 Å². The molecule has 4 aromatic rings. The summed E-state index contributed by atoms with van der Waals surface area (Å²) >= 11 is 0. The molecule has 6 nitrogen and oxygen atoms in total. The molecule has 0 unspecified atom stereocenters. The van der Waals surface area contributed by atoms with Gasteiger partial charge in [0, 0.05) is 23.5 Å². The van der Waals surface area contributed by atoms with Gasteiger partial charge in [-0.25, -0.2) is 9.37 Å². The maximum absolute atomic E-state index is 13.0. The third kappa shape index (κ3) is 3.38. The van der Waals surface area contributed by atoms with Crippen LogP contribution in [-0.4, -0.2) is 28.5 Å². The third-order valence-electron chi connectivity index (χ3n) is 4.65. The topological polar surface area (TPSA) is 64.9 Å². The highest BCUT2D eigenvalue weighted by Gasteiger charge is 2.14. The summed E-state index contributed by atoms with van der Waals surface area (Å²) < 4.78 is 26.1. The molecular formula is C22H16FN3O3. The first-order valence-electron chi connectivity index (χ1n) is 9.11. The second kappa shape index (κ2) is 6.94. The van der Waals surface area contributed by atoms with Gasteiger partial charge in [-0.05, 0) is 54.6 Å². The highest BCUT2D eigenvalue weighted by atomic mass is 19.1. The zero-order valence-corrected chi connectivity index (χ0v) is 15.3. The summed E-state index contributed by atoms with van der Waals surface area (Å²) in [4.78, 5) is 17.0. The number of nitrogens with one attached hydrogen (secondary N) is 1. The number of hydrogen-bond acceptors (Lipinski definition) is 4. The van der Waals surface area contributed by atoms with Gasteiger partial charge in [0.25, 0.3) is 5.91 Å². The van der Waals surface area contributed by atoms with Gasteiger partial charge >= 0.3 is 0 Å². The Morgan fingerprint density at radius 2 is 1.76 bits per heavy atom. The number of carbonyl (C=O) groups is 1. The van der Waals surface area contributed by atoms with E-state index in [-0.39, 0.29) is 11.7 Å². The number of rotatable bonds is 3. The fourth-order valence-electron chi connectivity index (χ4n) is 3.21. The monoisotopic (exact) mass is 389 g/mol. The number of aromatic nitrogens is 2. The molecule has 3 heterocycles. The van der Waals surface area contributed by atoms with Gasteiger partial charge in [-0.15, -0.1) is 0 Å². The van der Waals surface area contributed by atoms with Crippen molar-refractivity contribution < 1.29 is 18.7 Å². The van der Waals surface area contributed by atoms with Crippen LogP contribution < -0.4 is 14.8 Å². The minimum absolute atomic E-state index is 0.309. The van der Waals surface area contributed by atoms with Crippen LogP contribution in [0.2, 0.25) is 0 Å². The molecule has 0 fully saturated rings. The molecule has 1 aliphatic rings. The molecule has 0 bridgehead atoms. The van der Waals surface area contributed by atoms with E-state index in [1.54, 1.807) is 12.3 Å². The molecule has 1 amide bonds. The van der Waals surface area contributed by atoms with E-state index in [2.05, 4.69) is 10.3 Å². The van der Waals surface area contributed by atoms with E-state index in [4.69, 9.17) is 9.47 Å². The Morgan fingerprint density at radius 3 is 2.59 bits per heavy atom. The Balaban J connectivity index is 1.41. The fraction of sp³-hybridized carbons (Fsp3) is 0.0909. The summed E-state index contributed by atoms with van der Waals surface area (Å²) in [5, 5.41) is 2.81. The molecule has 144 valence electrons. The van der Waals surface area contributed by atoms with E-state index in [1.807, 2.05) is 34.9 Å². The van der Waals surface area contributed by atoms with Crippen molar-refractivity contribution in [3.8, 4) is 22.8 Å². The second-order valence-corrected chi connectivity index (χ2v) is 6.63. The largest absolute Gasteiger partial charge is 0.486 e. The lowest BCUT2D eigenvalue weighted by Gasteiger charge is -2.18. The Labute approximate surface area is 165 Å². The standard InChI is InChI=1S/C22H16FN3O3/c23-16-4-1-14(2-5-16)22(27)24-17-6-8-21-25-18(13-26(21)12-17)15-3-7-19-20(11-15)29-10-9-28-19/h1-8,11-13H,9-10H2,(H,24,27). The van der Waals surface area contributed by atoms with Crippen LogP contribution in [0.3, 0.4) is 0 Å². The van der Waals surface area contributed by atoms with Gasteiger partial charge in [0.05, 0.1) is 11.4 Å². The van der Waals surface area contributed by atoms with Crippen LogP contribution in [0.15, 0.2) is 67.0 Å². The van der Waals surface area contributed by atoms with Crippen molar-refractivity contribution in [1.29, 1.82) is 0 Å². The number of benzene rings is 2. The van der Waals surface area contributed by atoms with Crippen LogP contribution in [0.4, 0.5) is 10.1 Å². The van der Waals surface area contributed by atoms with Gasteiger partial charge < -0.3 is 19.2 Å². The maximum Gasteiger partial charge on any atom is 0.255 e. The summed E-state index contributed by atoms with van der Waals surface area (Å²) in [5.41, 5.74) is 3.43. The van der Waals surface area contributed by atoms with Crippen molar-refractivity contribution in [3.63, 3.8) is 0 Å². The molecule has 1 N–H and O–H groups in total. The van der Waals surface area contributed by atoms with Gasteiger partial charge in [-0.1, -0.05) is 0 Å². The summed E-state index contributed by atoms with van der Waals surface area (Å²) in [6.45, 7) is 1.08. The fourth-order valence-corrected chi connectivity index (χ4v) is 3.21. The van der Waals surface area contributed by atoms with E-state index in [9.17, 15) is 9.18 Å². The number of anilines is 1. The summed E-state index contributed by atoms with van der Waals surface area (Å²) in [6, 6.07) is 14.7. The summed E-state index contributed by atoms with van der Waals surface area (Å²) in [6.07, 6.45) is 3.67. The number of amides is 1. The quantitative estimate of drug-likeness (QED) is 0.571. The Kier molecular flexibility index (Phi) is 4.13. The Hall–Kier alpha value is -3.87. The molecule has 0 saturated carbocycles. The number of hydrogen-bond donors (Lipinski definition) is 1. The van der Waals surface area contributed by atoms with Crippen molar-refractivity contribution in [2.75, 3.05) is 18.5 Å². The molecule has 0 spiro atoms. The smallest absolute Gasteiger partial charge is 0.255 e. The van der Waals surface area contributed by atoms with E-state index >= 15 is 0 Å². The number of ether oxygens (including phenoxy) is 2. The van der Waals surface area contributed by atoms with E-state index in [1.165, 1.54) is 24.3 Å². The molecule has 2 aromatic heterocycles. The lowest BCUT2D eigenvalue weighted by Crippen LogP contribution is -2.15. The second-order valence-electron chi connectivity index (χ2n) is 6.63. The van der Waals surface area contributed by atoms with E-state index in [0.29, 0.717) is 30.2 Å². The minimum Gasteiger partial charge on any atom is -0.486 e. The van der Waals surface area contributed by atoms with Crippen molar-refractivity contribution in [3.05, 3.63) is 78.4 Å². The van der Waals surface area contributed by atoms with Crippen molar-refractivity contribution in [2.45, 2.75) is 0 Å². The third-order valence-corrected chi connectivity index (χ3v) is 4.65. The first-order chi connectivity index (χ1) is 14.2. The highest BCUT2D eigenvalue weighted by Crippen LogP contribution is 2.34. The van der Waals surface area contributed by atoms with Gasteiger partial charge in [-0.2, -0.15) is 0 Å². The minimum atomic E-state index is -0.381. The van der Waals surface area contributed by atoms with Crippen LogP contribution in [0.5, 0.6) is 11.5 Å². The lowest BCUT2D eigenvalue weighted by molar-refractivity contribution is 0.102. The van der Waals surface area contributed by atoms with Crippen molar-refractivity contribution in [1.82, 2.24) is 9.38 Å². The molecule has 2 aromatic carbocycles. The molecule has 29 heavy (non-hydrogen) atoms. The van der Waals surface area contributed by atoms with Crippen LogP contribution in [0, 0.1) is 5.82 Å². The van der Waals surface area contributed by atoms with Crippen LogP contribution in [0.25, 0.3) is 16.9 Å². The Bertz CT molecular complexity index is 1220. The predicted octanol–water partition coefficient (Wildman–Crippen LogP) is 4.16. The average Bonchev–Trinajstić information content (AvgIpc) is 3.17. The SMILES string of the molecule is O=C(Nc1ccc2nc(-c3ccc4c(c3)OCCO4)cn2c1)c1ccc(F)cc1. The number of carbonyl (C=O) groups excluding carboxylic acids is 1. The van der Waals surface area contributed by atoms with Gasteiger partial charge in [0.2, 0.25) is 0 Å². The number of pyridine rings is 1. The summed E-state index contributed by atoms with van der Waals surface area (Å²) in [7, 11) is 0. The maximum atomic E-state index is 13.0. The Morgan fingerprint density at radius 1 is 0.966 bits per heavy atom. The zero-order chi connectivity index (χ0) is 19.8. The normalized spacial score (nSPS) is 12.7. The number of halogens is 1. The van der Waals surface area contributed by atoms with Crippen LogP contribution >= 0.6 is 0 Å². The first kappa shape index (κ1) is 17.2. The molecule has 0 atom stereocenters. The molecule has 5 rings (SSSR count). The first-order valence-corrected chi connectivity index (χ1v) is 9.11. The lowest BCUT2D eigenvalue weighted by atomic mass is 10.1.